The zero-order valence-electron chi connectivity index (χ0n) is 10.1. The van der Waals surface area contributed by atoms with Crippen LogP contribution in [0.2, 0.25) is 0 Å². The molecule has 0 amide bonds. The number of halogens is 1. The molecule has 2 N–H and O–H groups in total. The van der Waals surface area contributed by atoms with Crippen LogP contribution in [0.25, 0.3) is 0 Å². The summed E-state index contributed by atoms with van der Waals surface area (Å²) in [6.45, 7) is 0.937. The van der Waals surface area contributed by atoms with Gasteiger partial charge in [0.2, 0.25) is 0 Å². The van der Waals surface area contributed by atoms with Gasteiger partial charge in [0.1, 0.15) is 11.6 Å². The highest BCUT2D eigenvalue weighted by Crippen LogP contribution is 2.16. The zero-order valence-corrected chi connectivity index (χ0v) is 10.1. The van der Waals surface area contributed by atoms with Crippen LogP contribution in [0.4, 0.5) is 4.39 Å². The lowest BCUT2D eigenvalue weighted by molar-refractivity contribution is 0.463. The first-order valence-corrected chi connectivity index (χ1v) is 6.25. The van der Waals surface area contributed by atoms with E-state index < -0.39 is 0 Å². The van der Waals surface area contributed by atoms with Crippen molar-refractivity contribution in [2.24, 2.45) is 5.73 Å². The van der Waals surface area contributed by atoms with Crippen LogP contribution in [0.5, 0.6) is 0 Å². The first-order chi connectivity index (χ1) is 8.70. The fourth-order valence-corrected chi connectivity index (χ4v) is 2.45. The molecule has 0 aliphatic carbocycles. The van der Waals surface area contributed by atoms with E-state index >= 15 is 0 Å². The Balaban J connectivity index is 1.82. The van der Waals surface area contributed by atoms with E-state index in [0.717, 1.165) is 36.5 Å². The third kappa shape index (κ3) is 2.29. The van der Waals surface area contributed by atoms with Crippen molar-refractivity contribution in [3.63, 3.8) is 0 Å². The molecule has 1 aliphatic heterocycles. The molecule has 0 saturated carbocycles. The molecule has 3 nitrogen and oxygen atoms in total. The summed E-state index contributed by atoms with van der Waals surface area (Å²) in [7, 11) is 0. The van der Waals surface area contributed by atoms with Crippen LogP contribution in [-0.2, 0) is 19.4 Å². The van der Waals surface area contributed by atoms with Crippen molar-refractivity contribution < 1.29 is 4.39 Å². The molecular weight excluding hydrogens is 229 g/mol. The van der Waals surface area contributed by atoms with Crippen molar-refractivity contribution in [1.29, 1.82) is 0 Å². The lowest BCUT2D eigenvalue weighted by Gasteiger charge is -2.18. The molecule has 0 fully saturated rings. The van der Waals surface area contributed by atoms with Gasteiger partial charge >= 0.3 is 0 Å². The average molecular weight is 245 g/mol. The minimum absolute atomic E-state index is 0.196. The number of nitrogens with zero attached hydrogens (tertiary/aromatic N) is 2. The maximum atomic E-state index is 13.1. The van der Waals surface area contributed by atoms with Gasteiger partial charge in [-0.15, -0.1) is 0 Å². The molecule has 0 bridgehead atoms. The third-order valence-corrected chi connectivity index (χ3v) is 3.37. The summed E-state index contributed by atoms with van der Waals surface area (Å²) >= 11 is 0. The Hall–Kier alpha value is -1.68. The normalized spacial score (nSPS) is 18.7. The second-order valence-electron chi connectivity index (χ2n) is 4.90. The highest BCUT2D eigenvalue weighted by Gasteiger charge is 2.17. The number of fused-ring (bicyclic) bond motifs is 1. The summed E-state index contributed by atoms with van der Waals surface area (Å²) in [5.74, 6) is 0.860. The summed E-state index contributed by atoms with van der Waals surface area (Å²) < 4.78 is 15.3. The molecule has 2 aromatic rings. The summed E-state index contributed by atoms with van der Waals surface area (Å²) in [6, 6.07) is 6.90. The molecular formula is C14H16FN3. The quantitative estimate of drug-likeness (QED) is 0.878. The Kier molecular flexibility index (Phi) is 2.88. The highest BCUT2D eigenvalue weighted by molar-refractivity contribution is 5.22. The van der Waals surface area contributed by atoms with E-state index in [1.165, 1.54) is 6.07 Å². The van der Waals surface area contributed by atoms with Gasteiger partial charge in [0.05, 0.1) is 5.69 Å². The Bertz CT molecular complexity index is 562. The number of imidazole rings is 1. The molecule has 0 spiro atoms. The predicted molar refractivity (Wildman–Crippen MR) is 67.7 cm³/mol. The van der Waals surface area contributed by atoms with Crippen LogP contribution < -0.4 is 5.73 Å². The van der Waals surface area contributed by atoms with Crippen LogP contribution in [-0.4, -0.2) is 15.6 Å². The van der Waals surface area contributed by atoms with Crippen LogP contribution in [0.3, 0.4) is 0 Å². The highest BCUT2D eigenvalue weighted by atomic mass is 19.1. The molecule has 1 aromatic heterocycles. The average Bonchev–Trinajstić information content (AvgIpc) is 2.70. The van der Waals surface area contributed by atoms with Gasteiger partial charge in [-0.05, 0) is 24.1 Å². The van der Waals surface area contributed by atoms with Crippen molar-refractivity contribution >= 4 is 0 Å². The standard InChI is InChI=1S/C14H16FN3/c15-11-3-1-2-10(6-11)7-13-9-18-5-4-12(16)8-14(18)17-13/h1-3,6,9,12H,4-5,7-8,16H2. The van der Waals surface area contributed by atoms with Crippen LogP contribution in [0.15, 0.2) is 30.5 Å². The van der Waals surface area contributed by atoms with Crippen molar-refractivity contribution in [2.75, 3.05) is 0 Å². The van der Waals surface area contributed by atoms with Crippen molar-refractivity contribution in [1.82, 2.24) is 9.55 Å². The fraction of sp³-hybridized carbons (Fsp3) is 0.357. The fourth-order valence-electron chi connectivity index (χ4n) is 2.45. The number of hydrogen-bond acceptors (Lipinski definition) is 2. The Labute approximate surface area is 105 Å². The Morgan fingerprint density at radius 2 is 2.33 bits per heavy atom. The molecule has 0 radical (unpaired) electrons. The number of aryl methyl sites for hydroxylation is 1. The molecule has 1 aliphatic rings. The first-order valence-electron chi connectivity index (χ1n) is 6.25. The van der Waals surface area contributed by atoms with Crippen LogP contribution >= 0.6 is 0 Å². The predicted octanol–water partition coefficient (Wildman–Crippen LogP) is 1.89. The van der Waals surface area contributed by atoms with Gasteiger partial charge in [-0.2, -0.15) is 0 Å². The molecule has 3 rings (SSSR count). The third-order valence-electron chi connectivity index (χ3n) is 3.37. The molecule has 0 saturated heterocycles. The number of hydrogen-bond donors (Lipinski definition) is 1. The van der Waals surface area contributed by atoms with Gasteiger partial charge in [0.15, 0.2) is 0 Å². The minimum atomic E-state index is -0.196. The number of aromatic nitrogens is 2. The molecule has 18 heavy (non-hydrogen) atoms. The SMILES string of the molecule is NC1CCn2cc(Cc3cccc(F)c3)nc2C1. The van der Waals surface area contributed by atoms with Gasteiger partial charge in [0, 0.05) is 31.6 Å². The first kappa shape index (κ1) is 11.4. The van der Waals surface area contributed by atoms with Crippen molar-refractivity contribution in [3.8, 4) is 0 Å². The van der Waals surface area contributed by atoms with Gasteiger partial charge in [0.25, 0.3) is 0 Å². The van der Waals surface area contributed by atoms with E-state index in [2.05, 4.69) is 15.7 Å². The zero-order chi connectivity index (χ0) is 12.5. The van der Waals surface area contributed by atoms with E-state index in [0.29, 0.717) is 6.42 Å². The summed E-state index contributed by atoms with van der Waals surface area (Å²) in [4.78, 5) is 4.59. The molecule has 94 valence electrons. The van der Waals surface area contributed by atoms with E-state index in [9.17, 15) is 4.39 Å². The summed E-state index contributed by atoms with van der Waals surface area (Å²) in [6.07, 6.45) is 4.57. The van der Waals surface area contributed by atoms with Gasteiger partial charge < -0.3 is 10.3 Å². The molecule has 1 unspecified atom stereocenters. The minimum Gasteiger partial charge on any atom is -0.335 e. The van der Waals surface area contributed by atoms with E-state index in [1.54, 1.807) is 12.1 Å². The molecule has 2 heterocycles. The lowest BCUT2D eigenvalue weighted by atomic mass is 10.1. The Morgan fingerprint density at radius 1 is 1.44 bits per heavy atom. The van der Waals surface area contributed by atoms with E-state index in [-0.39, 0.29) is 11.9 Å². The van der Waals surface area contributed by atoms with Gasteiger partial charge in [-0.3, -0.25) is 0 Å². The molecule has 1 atom stereocenters. The van der Waals surface area contributed by atoms with Gasteiger partial charge in [-0.1, -0.05) is 12.1 Å². The van der Waals surface area contributed by atoms with Crippen molar-refractivity contribution in [3.05, 3.63) is 53.4 Å². The monoisotopic (exact) mass is 245 g/mol. The molecule has 4 heteroatoms. The van der Waals surface area contributed by atoms with Crippen molar-refractivity contribution in [2.45, 2.75) is 31.8 Å². The van der Waals surface area contributed by atoms with E-state index in [1.807, 2.05) is 6.07 Å². The second-order valence-corrected chi connectivity index (χ2v) is 4.90. The van der Waals surface area contributed by atoms with Crippen LogP contribution in [0.1, 0.15) is 23.5 Å². The second kappa shape index (κ2) is 4.53. The lowest BCUT2D eigenvalue weighted by Crippen LogP contribution is -2.30. The van der Waals surface area contributed by atoms with Gasteiger partial charge in [-0.25, -0.2) is 9.37 Å². The molecule has 1 aromatic carbocycles. The summed E-state index contributed by atoms with van der Waals surface area (Å²) in [5, 5.41) is 0. The van der Waals surface area contributed by atoms with Crippen LogP contribution in [0, 0.1) is 5.82 Å². The van der Waals surface area contributed by atoms with E-state index in [4.69, 9.17) is 5.73 Å². The smallest absolute Gasteiger partial charge is 0.123 e. The maximum Gasteiger partial charge on any atom is 0.123 e. The maximum absolute atomic E-state index is 13.1. The largest absolute Gasteiger partial charge is 0.335 e. The number of rotatable bonds is 2. The number of benzene rings is 1. The summed E-state index contributed by atoms with van der Waals surface area (Å²) in [5.41, 5.74) is 7.87. The topological polar surface area (TPSA) is 43.8 Å². The number of nitrogens with two attached hydrogens (primary N) is 1. The Morgan fingerprint density at radius 3 is 3.17 bits per heavy atom.